The Bertz CT molecular complexity index is 2900. The van der Waals surface area contributed by atoms with E-state index in [-0.39, 0.29) is 55.8 Å². The minimum atomic E-state index is -0.612. The number of ether oxygens (including phenoxy) is 2. The summed E-state index contributed by atoms with van der Waals surface area (Å²) in [5, 5.41) is 28.7. The lowest BCUT2D eigenvalue weighted by Gasteiger charge is -2.45. The van der Waals surface area contributed by atoms with Gasteiger partial charge in [-0.25, -0.2) is 4.85 Å². The summed E-state index contributed by atoms with van der Waals surface area (Å²) in [7, 11) is 0. The van der Waals surface area contributed by atoms with E-state index in [1.54, 1.807) is 12.2 Å². The maximum Gasteiger partial charge on any atom is 0.205 e. The van der Waals surface area contributed by atoms with Gasteiger partial charge in [0.2, 0.25) is 5.69 Å². The van der Waals surface area contributed by atoms with Crippen LogP contribution in [0.15, 0.2) is 59.7 Å². The Kier molecular flexibility index (Phi) is 8.31. The summed E-state index contributed by atoms with van der Waals surface area (Å²) in [6.45, 7) is 7.47. The molecule has 2 aliphatic heterocycles. The highest BCUT2D eigenvalue weighted by Crippen LogP contribution is 2.60. The van der Waals surface area contributed by atoms with Gasteiger partial charge in [0.05, 0.1) is 50.2 Å². The van der Waals surface area contributed by atoms with E-state index in [2.05, 4.69) is 17.0 Å². The van der Waals surface area contributed by atoms with E-state index in [0.717, 1.165) is 96.2 Å². The summed E-state index contributed by atoms with van der Waals surface area (Å²) in [6.07, 6.45) is 12.6. The number of thiophene rings is 2. The molecule has 11 rings (SSSR count). The van der Waals surface area contributed by atoms with Crippen LogP contribution in [0, 0.1) is 40.6 Å². The Morgan fingerprint density at radius 1 is 0.532 bits per heavy atom. The van der Waals surface area contributed by atoms with E-state index >= 15 is 0 Å². The number of Topliss-reactive ketones (excluding diaryl/α,β-unsaturated/α-hetero) is 4. The van der Waals surface area contributed by atoms with Crippen molar-refractivity contribution in [2.24, 2.45) is 0 Å². The second-order valence-corrected chi connectivity index (χ2v) is 18.8. The molecule has 12 heteroatoms. The molecule has 0 unspecified atom stereocenters. The molecule has 6 aliphatic rings. The molecule has 298 valence electrons. The monoisotopic (exact) mass is 846 g/mol. The highest BCUT2D eigenvalue weighted by Gasteiger charge is 2.48. The second-order valence-electron chi connectivity index (χ2n) is 16.7. The Morgan fingerprint density at radius 3 is 1.31 bits per heavy atom. The van der Waals surface area contributed by atoms with Crippen LogP contribution in [-0.2, 0) is 11.2 Å². The molecule has 0 atom stereocenters. The van der Waals surface area contributed by atoms with Crippen molar-refractivity contribution in [1.82, 2.24) is 0 Å². The molecule has 0 amide bonds. The number of rotatable bonds is 2. The SMILES string of the molecule is [C-]#[N+]c1cc2c(cc1C#N)C(=O)/C(=C/c1cc3c(s1)-c1cc4c(cc1C1(CCCCC1)O3)-c1sc(C=C3C(=O)c5cc(C#N)c(C#N)cc5C3=O)cc1OC41CCCCC1)C2=O. The van der Waals surface area contributed by atoms with Gasteiger partial charge in [-0.3, -0.25) is 19.2 Å². The van der Waals surface area contributed by atoms with E-state index in [4.69, 9.17) is 16.0 Å². The first kappa shape index (κ1) is 37.8. The van der Waals surface area contributed by atoms with Crippen LogP contribution >= 0.6 is 22.7 Å². The normalized spacial score (nSPS) is 18.9. The van der Waals surface area contributed by atoms with Gasteiger partial charge in [-0.2, -0.15) is 15.8 Å². The molecule has 2 spiro atoms. The number of carbonyl (C=O) groups is 4. The van der Waals surface area contributed by atoms with Crippen LogP contribution in [0.25, 0.3) is 37.9 Å². The minimum Gasteiger partial charge on any atom is -0.481 e. The van der Waals surface area contributed by atoms with Gasteiger partial charge >= 0.3 is 0 Å². The van der Waals surface area contributed by atoms with E-state index in [9.17, 15) is 35.0 Å². The van der Waals surface area contributed by atoms with Crippen LogP contribution in [0.2, 0.25) is 0 Å². The average molecular weight is 847 g/mol. The lowest BCUT2D eigenvalue weighted by atomic mass is 9.71. The highest BCUT2D eigenvalue weighted by molar-refractivity contribution is 7.17. The van der Waals surface area contributed by atoms with E-state index in [0.29, 0.717) is 21.3 Å². The fourth-order valence-electron chi connectivity index (χ4n) is 10.3. The van der Waals surface area contributed by atoms with Crippen molar-refractivity contribution in [3.63, 3.8) is 0 Å². The standard InChI is InChI=1S/C50H30N4O6S2/c1-54-40-21-33-32(14-27(40)24-53)45(57)37(46(33)58)16-29-18-42-48(62-29)35-20-38-34(19-39(35)50(60-42)10-6-3-7-11-50)47-41(59-49(38)8-4-2-5-9-49)17-28(61-47)15-36-43(55)30-12-25(22-51)26(23-52)13-31(30)44(36)56/h12-21H,2-11H2/b37-16-. The number of hydrogen-bond acceptors (Lipinski definition) is 11. The smallest absolute Gasteiger partial charge is 0.205 e. The molecule has 3 aromatic carbocycles. The molecule has 4 aliphatic carbocycles. The second kappa shape index (κ2) is 13.6. The summed E-state index contributed by atoms with van der Waals surface area (Å²) in [5.41, 5.74) is 3.64. The zero-order valence-corrected chi connectivity index (χ0v) is 34.5. The number of nitriles is 3. The molecule has 2 saturated carbocycles. The molecule has 2 fully saturated rings. The average Bonchev–Trinajstić information content (AvgIpc) is 4.02. The van der Waals surface area contributed by atoms with Gasteiger partial charge in [0.15, 0.2) is 23.1 Å². The van der Waals surface area contributed by atoms with E-state index in [1.165, 1.54) is 46.9 Å². The van der Waals surface area contributed by atoms with Crippen molar-refractivity contribution in [2.75, 3.05) is 0 Å². The Labute approximate surface area is 363 Å². The van der Waals surface area contributed by atoms with Crippen LogP contribution < -0.4 is 9.47 Å². The first-order valence-electron chi connectivity index (χ1n) is 20.5. The first-order chi connectivity index (χ1) is 30.1. The lowest BCUT2D eigenvalue weighted by molar-refractivity contribution is 0.0205. The molecule has 0 bridgehead atoms. The summed E-state index contributed by atoms with van der Waals surface area (Å²) in [5.74, 6) is -0.525. The van der Waals surface area contributed by atoms with Gasteiger partial charge < -0.3 is 9.47 Å². The third-order valence-electron chi connectivity index (χ3n) is 13.3. The fraction of sp³-hybridized carbons (Fsp3) is 0.240. The third-order valence-corrected chi connectivity index (χ3v) is 15.5. The molecule has 2 aromatic heterocycles. The topological polar surface area (TPSA) is 162 Å². The minimum absolute atomic E-state index is 0.0167. The molecule has 10 nitrogen and oxygen atoms in total. The number of fused-ring (bicyclic) bond motifs is 10. The zero-order valence-electron chi connectivity index (χ0n) is 32.9. The van der Waals surface area contributed by atoms with Crippen LogP contribution in [-0.4, -0.2) is 23.1 Å². The van der Waals surface area contributed by atoms with Crippen molar-refractivity contribution in [2.45, 2.75) is 75.4 Å². The lowest BCUT2D eigenvalue weighted by Crippen LogP contribution is -2.40. The fourth-order valence-corrected chi connectivity index (χ4v) is 12.5. The summed E-state index contributed by atoms with van der Waals surface area (Å²) < 4.78 is 14.2. The number of allylic oxidation sites excluding steroid dienone is 2. The first-order valence-corrected chi connectivity index (χ1v) is 22.1. The maximum atomic E-state index is 13.7. The van der Waals surface area contributed by atoms with Gasteiger partial charge in [0.1, 0.15) is 34.8 Å². The van der Waals surface area contributed by atoms with Crippen molar-refractivity contribution >= 4 is 63.6 Å². The van der Waals surface area contributed by atoms with Crippen molar-refractivity contribution in [1.29, 1.82) is 15.8 Å². The van der Waals surface area contributed by atoms with E-state index < -0.39 is 34.3 Å². The van der Waals surface area contributed by atoms with Crippen molar-refractivity contribution in [3.05, 3.63) is 131 Å². The van der Waals surface area contributed by atoms with Crippen LogP contribution in [0.4, 0.5) is 5.69 Å². The molecule has 5 aromatic rings. The molecule has 0 saturated heterocycles. The number of benzene rings is 3. The predicted molar refractivity (Wildman–Crippen MR) is 230 cm³/mol. The zero-order chi connectivity index (χ0) is 42.7. The molecule has 0 radical (unpaired) electrons. The largest absolute Gasteiger partial charge is 0.481 e. The van der Waals surface area contributed by atoms with Gasteiger partial charge in [-0.05, 0) is 112 Å². The van der Waals surface area contributed by atoms with Crippen LogP contribution in [0.3, 0.4) is 0 Å². The van der Waals surface area contributed by atoms with Gasteiger partial charge in [-0.15, -0.1) is 22.7 Å². The van der Waals surface area contributed by atoms with Gasteiger partial charge in [-0.1, -0.05) is 12.8 Å². The van der Waals surface area contributed by atoms with Crippen molar-refractivity contribution < 1.29 is 28.7 Å². The Balaban J connectivity index is 1.04. The number of nitrogens with zero attached hydrogens (tertiary/aromatic N) is 4. The molecule has 4 heterocycles. The number of carbonyl (C=O) groups excluding carboxylic acids is 4. The maximum absolute atomic E-state index is 13.7. The third kappa shape index (κ3) is 5.34. The van der Waals surface area contributed by atoms with Crippen molar-refractivity contribution in [3.8, 4) is 50.6 Å². The van der Waals surface area contributed by atoms with E-state index in [1.807, 2.05) is 30.3 Å². The molecule has 0 N–H and O–H groups in total. The van der Waals surface area contributed by atoms with Gasteiger partial charge in [0.25, 0.3) is 0 Å². The predicted octanol–water partition coefficient (Wildman–Crippen LogP) is 11.3. The molecule has 62 heavy (non-hydrogen) atoms. The van der Waals surface area contributed by atoms with Crippen LogP contribution in [0.1, 0.15) is 143 Å². The number of hydrogen-bond donors (Lipinski definition) is 0. The van der Waals surface area contributed by atoms with Gasteiger partial charge in [0, 0.05) is 54.3 Å². The Morgan fingerprint density at radius 2 is 0.919 bits per heavy atom. The molecular weight excluding hydrogens is 817 g/mol. The summed E-state index contributed by atoms with van der Waals surface area (Å²) >= 11 is 2.90. The Hall–Kier alpha value is -7.22. The highest BCUT2D eigenvalue weighted by atomic mass is 32.1. The summed E-state index contributed by atoms with van der Waals surface area (Å²) in [4.78, 5) is 61.1. The number of ketones is 4. The molecular formula is C50H30N4O6S2. The quantitative estimate of drug-likeness (QED) is 0.0955. The summed E-state index contributed by atoms with van der Waals surface area (Å²) in [6, 6.07) is 19.6. The van der Waals surface area contributed by atoms with Crippen LogP contribution in [0.5, 0.6) is 11.5 Å².